The van der Waals surface area contributed by atoms with Gasteiger partial charge in [0.2, 0.25) is 0 Å². The first kappa shape index (κ1) is 20.1. The van der Waals surface area contributed by atoms with Crippen molar-refractivity contribution in [3.63, 3.8) is 0 Å². The summed E-state index contributed by atoms with van der Waals surface area (Å²) in [6.07, 6.45) is 1.30. The summed E-state index contributed by atoms with van der Waals surface area (Å²) >= 11 is 0. The third kappa shape index (κ3) is 3.97. The molecule has 3 N–H and O–H groups in total. The molecule has 6 nitrogen and oxygen atoms in total. The van der Waals surface area contributed by atoms with Gasteiger partial charge in [-0.3, -0.25) is 4.79 Å². The lowest BCUT2D eigenvalue weighted by Crippen LogP contribution is -2.39. The Morgan fingerprint density at radius 2 is 1.96 bits per heavy atom. The number of H-pyrrole nitrogens is 1. The maximum Gasteiger partial charge on any atom is 0.355 e. The number of aliphatic hydroxyl groups is 1. The quantitative estimate of drug-likeness (QED) is 0.689. The molecule has 3 atom stereocenters. The molecule has 1 amide bonds. The summed E-state index contributed by atoms with van der Waals surface area (Å²) in [5.41, 5.74) is 4.71. The van der Waals surface area contributed by atoms with Crippen LogP contribution in [0.2, 0.25) is 0 Å². The first-order valence-corrected chi connectivity index (χ1v) is 9.75. The van der Waals surface area contributed by atoms with Crippen molar-refractivity contribution in [1.29, 1.82) is 0 Å². The van der Waals surface area contributed by atoms with Gasteiger partial charge in [-0.05, 0) is 63.6 Å². The Bertz CT molecular complexity index is 885. The van der Waals surface area contributed by atoms with Gasteiger partial charge in [-0.1, -0.05) is 24.3 Å². The number of carbonyl (C=O) groups excluding carboxylic acids is 2. The Balaban J connectivity index is 1.67. The second-order valence-corrected chi connectivity index (χ2v) is 7.54. The fraction of sp³-hybridized carbons (Fsp3) is 0.455. The van der Waals surface area contributed by atoms with Crippen molar-refractivity contribution in [3.8, 4) is 0 Å². The van der Waals surface area contributed by atoms with E-state index in [0.717, 1.165) is 30.5 Å². The average molecular weight is 384 g/mol. The molecule has 1 aromatic heterocycles. The van der Waals surface area contributed by atoms with Gasteiger partial charge >= 0.3 is 5.97 Å². The van der Waals surface area contributed by atoms with Crippen LogP contribution in [0.3, 0.4) is 0 Å². The largest absolute Gasteiger partial charge is 0.448 e. The third-order valence-electron chi connectivity index (χ3n) is 5.46. The summed E-state index contributed by atoms with van der Waals surface area (Å²) in [7, 11) is 0. The van der Waals surface area contributed by atoms with Gasteiger partial charge in [-0.25, -0.2) is 4.79 Å². The van der Waals surface area contributed by atoms with E-state index in [4.69, 9.17) is 4.74 Å². The lowest BCUT2D eigenvalue weighted by atomic mass is 9.87. The van der Waals surface area contributed by atoms with Gasteiger partial charge in [0.05, 0.1) is 12.1 Å². The van der Waals surface area contributed by atoms with Crippen LogP contribution >= 0.6 is 0 Å². The Kier molecular flexibility index (Phi) is 5.89. The van der Waals surface area contributed by atoms with Gasteiger partial charge in [0.1, 0.15) is 5.69 Å². The minimum Gasteiger partial charge on any atom is -0.448 e. The van der Waals surface area contributed by atoms with Crippen LogP contribution in [0.15, 0.2) is 24.3 Å². The number of hydrogen-bond donors (Lipinski definition) is 3. The summed E-state index contributed by atoms with van der Waals surface area (Å²) in [6, 6.07) is 8.06. The minimum atomic E-state index is -0.917. The van der Waals surface area contributed by atoms with Crippen molar-refractivity contribution in [1.82, 2.24) is 10.3 Å². The molecular formula is C22H28N2O4. The molecule has 0 unspecified atom stereocenters. The van der Waals surface area contributed by atoms with E-state index < -0.39 is 18.2 Å². The van der Waals surface area contributed by atoms with Gasteiger partial charge in [0.15, 0.2) is 6.10 Å². The number of aliphatic hydroxyl groups excluding tert-OH is 1. The highest BCUT2D eigenvalue weighted by atomic mass is 16.5. The summed E-state index contributed by atoms with van der Waals surface area (Å²) in [5, 5.41) is 12.9. The summed E-state index contributed by atoms with van der Waals surface area (Å²) in [4.78, 5) is 28.1. The Morgan fingerprint density at radius 3 is 2.64 bits per heavy atom. The number of rotatable bonds is 5. The Morgan fingerprint density at radius 1 is 1.25 bits per heavy atom. The molecule has 28 heavy (non-hydrogen) atoms. The molecule has 2 aromatic rings. The van der Waals surface area contributed by atoms with Crippen LogP contribution in [0.1, 0.15) is 77.3 Å². The fourth-order valence-corrected chi connectivity index (χ4v) is 4.06. The standard InChI is InChI=1S/C22H28N2O4/c1-12-19(14(3)25)13(2)23-20(12)22(27)28-15(4)21(26)24-18-11-7-9-16-8-5-6-10-17(16)18/h5-6,8,10,14-15,18,23,25H,7,9,11H2,1-4H3,(H,24,26)/t14-,15+,18+/m1/s1. The summed E-state index contributed by atoms with van der Waals surface area (Å²) in [6.45, 7) is 6.77. The second-order valence-electron chi connectivity index (χ2n) is 7.54. The predicted molar refractivity (Wildman–Crippen MR) is 106 cm³/mol. The van der Waals surface area contributed by atoms with E-state index >= 15 is 0 Å². The molecule has 1 aliphatic carbocycles. The van der Waals surface area contributed by atoms with Crippen molar-refractivity contribution in [2.24, 2.45) is 0 Å². The van der Waals surface area contributed by atoms with E-state index in [1.54, 1.807) is 27.7 Å². The van der Waals surface area contributed by atoms with Crippen molar-refractivity contribution >= 4 is 11.9 Å². The monoisotopic (exact) mass is 384 g/mol. The molecule has 1 aliphatic rings. The molecule has 0 radical (unpaired) electrons. The average Bonchev–Trinajstić information content (AvgIpc) is 2.96. The maximum atomic E-state index is 12.6. The Labute approximate surface area is 165 Å². The van der Waals surface area contributed by atoms with Crippen LogP contribution < -0.4 is 5.32 Å². The maximum absolute atomic E-state index is 12.6. The van der Waals surface area contributed by atoms with E-state index in [9.17, 15) is 14.7 Å². The fourth-order valence-electron chi connectivity index (χ4n) is 4.06. The summed E-state index contributed by atoms with van der Waals surface area (Å²) < 4.78 is 5.39. The first-order chi connectivity index (χ1) is 13.3. The van der Waals surface area contributed by atoms with Crippen LogP contribution in [0.5, 0.6) is 0 Å². The molecule has 0 saturated heterocycles. The number of aryl methyl sites for hydroxylation is 2. The Hall–Kier alpha value is -2.60. The highest BCUT2D eigenvalue weighted by molar-refractivity contribution is 5.92. The second kappa shape index (κ2) is 8.19. The number of ether oxygens (including phenoxy) is 1. The third-order valence-corrected chi connectivity index (χ3v) is 5.46. The molecular weight excluding hydrogens is 356 g/mol. The molecule has 150 valence electrons. The van der Waals surface area contributed by atoms with Crippen molar-refractivity contribution < 1.29 is 19.4 Å². The molecule has 6 heteroatoms. The van der Waals surface area contributed by atoms with E-state index in [1.807, 2.05) is 18.2 Å². The first-order valence-electron chi connectivity index (χ1n) is 9.75. The van der Waals surface area contributed by atoms with Crippen LogP contribution in [-0.4, -0.2) is 28.1 Å². The van der Waals surface area contributed by atoms with Gasteiger partial charge in [0.25, 0.3) is 5.91 Å². The van der Waals surface area contributed by atoms with Crippen LogP contribution in [0.25, 0.3) is 0 Å². The highest BCUT2D eigenvalue weighted by Gasteiger charge is 2.27. The lowest BCUT2D eigenvalue weighted by molar-refractivity contribution is -0.130. The molecule has 1 aromatic carbocycles. The number of esters is 1. The topological polar surface area (TPSA) is 91.4 Å². The molecule has 0 spiro atoms. The molecule has 0 bridgehead atoms. The van der Waals surface area contributed by atoms with Crippen LogP contribution in [0, 0.1) is 13.8 Å². The number of fused-ring (bicyclic) bond motifs is 1. The zero-order valence-corrected chi connectivity index (χ0v) is 16.8. The molecule has 0 saturated carbocycles. The molecule has 0 aliphatic heterocycles. The van der Waals surface area contributed by atoms with Gasteiger partial charge in [0, 0.05) is 11.3 Å². The number of hydrogen-bond acceptors (Lipinski definition) is 4. The van der Waals surface area contributed by atoms with Gasteiger partial charge < -0.3 is 20.1 Å². The number of aromatic amines is 1. The SMILES string of the molecule is Cc1[nH]c(C(=O)O[C@@H](C)C(=O)N[C@H]2CCCc3ccccc32)c(C)c1[C@@H](C)O. The van der Waals surface area contributed by atoms with Gasteiger partial charge in [-0.15, -0.1) is 0 Å². The number of carbonyl (C=O) groups is 2. The number of aromatic nitrogens is 1. The van der Waals surface area contributed by atoms with E-state index in [0.29, 0.717) is 11.1 Å². The van der Waals surface area contributed by atoms with E-state index in [2.05, 4.69) is 16.4 Å². The van der Waals surface area contributed by atoms with Crippen molar-refractivity contribution in [3.05, 3.63) is 57.9 Å². The molecule has 0 fully saturated rings. The minimum absolute atomic E-state index is 0.0603. The molecule has 3 rings (SSSR count). The van der Waals surface area contributed by atoms with Crippen LogP contribution in [0.4, 0.5) is 0 Å². The van der Waals surface area contributed by atoms with Crippen LogP contribution in [-0.2, 0) is 16.0 Å². The number of amides is 1. The number of nitrogens with one attached hydrogen (secondary N) is 2. The van der Waals surface area contributed by atoms with Gasteiger partial charge in [-0.2, -0.15) is 0 Å². The van der Waals surface area contributed by atoms with E-state index in [-0.39, 0.29) is 17.6 Å². The normalized spacial score (nSPS) is 18.1. The van der Waals surface area contributed by atoms with E-state index in [1.165, 1.54) is 5.56 Å². The lowest BCUT2D eigenvalue weighted by Gasteiger charge is -2.27. The zero-order valence-electron chi connectivity index (χ0n) is 16.8. The smallest absolute Gasteiger partial charge is 0.355 e. The van der Waals surface area contributed by atoms with Crippen molar-refractivity contribution in [2.45, 2.75) is 65.2 Å². The predicted octanol–water partition coefficient (Wildman–Crippen LogP) is 3.42. The highest BCUT2D eigenvalue weighted by Crippen LogP contribution is 2.29. The zero-order chi connectivity index (χ0) is 20.4. The molecule has 1 heterocycles. The number of benzene rings is 1. The summed E-state index contributed by atoms with van der Waals surface area (Å²) in [5.74, 6) is -0.911. The van der Waals surface area contributed by atoms with Crippen molar-refractivity contribution in [2.75, 3.05) is 0 Å².